The fraction of sp³-hybridized carbons (Fsp3) is 0.143. The molecule has 106 valence electrons. The first kappa shape index (κ1) is 14.8. The molecule has 0 spiro atoms. The molecule has 0 fully saturated rings. The first-order valence-corrected chi connectivity index (χ1v) is 6.34. The summed E-state index contributed by atoms with van der Waals surface area (Å²) >= 11 is 5.96. The van der Waals surface area contributed by atoms with Crippen molar-refractivity contribution in [3.63, 3.8) is 0 Å². The first-order valence-electron chi connectivity index (χ1n) is 5.96. The molecular formula is C14H11ClN4O2. The molecule has 0 amide bonds. The summed E-state index contributed by atoms with van der Waals surface area (Å²) in [6, 6.07) is 8.63. The van der Waals surface area contributed by atoms with Gasteiger partial charge in [0, 0.05) is 12.6 Å². The van der Waals surface area contributed by atoms with E-state index in [0.717, 1.165) is 4.57 Å². The van der Waals surface area contributed by atoms with Gasteiger partial charge in [-0.15, -0.1) is 10.2 Å². The van der Waals surface area contributed by atoms with Gasteiger partial charge < -0.3 is 5.11 Å². The van der Waals surface area contributed by atoms with E-state index in [1.807, 2.05) is 6.07 Å². The molecule has 0 radical (unpaired) electrons. The smallest absolute Gasteiger partial charge is 0.281 e. The molecule has 1 heterocycles. The molecule has 21 heavy (non-hydrogen) atoms. The standard InChI is InChI=1S/C14H11ClN4O2/c1-8-9(7-16)13(20)19(2)14(21)12(8)18-17-11-6-4-3-5-10(11)15/h3-6,20H,1-2H3. The molecule has 0 saturated carbocycles. The van der Waals surface area contributed by atoms with Crippen molar-refractivity contribution >= 4 is 23.0 Å². The molecule has 0 aliphatic carbocycles. The zero-order valence-corrected chi connectivity index (χ0v) is 12.1. The van der Waals surface area contributed by atoms with Crippen molar-refractivity contribution in [3.05, 3.63) is 50.8 Å². The van der Waals surface area contributed by atoms with Crippen LogP contribution in [-0.2, 0) is 7.05 Å². The number of nitrogens with zero attached hydrogens (tertiary/aromatic N) is 4. The van der Waals surface area contributed by atoms with Gasteiger partial charge in [-0.2, -0.15) is 5.26 Å². The number of azo groups is 1. The molecule has 1 aromatic carbocycles. The Morgan fingerprint density at radius 1 is 1.33 bits per heavy atom. The maximum atomic E-state index is 12.1. The van der Waals surface area contributed by atoms with Crippen LogP contribution in [0.2, 0.25) is 5.02 Å². The van der Waals surface area contributed by atoms with Gasteiger partial charge in [0.15, 0.2) is 5.69 Å². The van der Waals surface area contributed by atoms with Crippen molar-refractivity contribution in [1.29, 1.82) is 5.26 Å². The third kappa shape index (κ3) is 2.64. The van der Waals surface area contributed by atoms with Gasteiger partial charge >= 0.3 is 0 Å². The second-order valence-corrected chi connectivity index (χ2v) is 4.71. The molecular weight excluding hydrogens is 292 g/mol. The molecule has 0 bridgehead atoms. The van der Waals surface area contributed by atoms with Gasteiger partial charge in [-0.05, 0) is 19.1 Å². The van der Waals surface area contributed by atoms with E-state index in [-0.39, 0.29) is 16.8 Å². The van der Waals surface area contributed by atoms with E-state index in [0.29, 0.717) is 10.7 Å². The number of hydrogen-bond acceptors (Lipinski definition) is 5. The Morgan fingerprint density at radius 3 is 2.62 bits per heavy atom. The van der Waals surface area contributed by atoms with Crippen LogP contribution in [-0.4, -0.2) is 9.67 Å². The Bertz CT molecular complexity index is 834. The molecule has 0 unspecified atom stereocenters. The van der Waals surface area contributed by atoms with Gasteiger partial charge in [0.05, 0.1) is 5.02 Å². The van der Waals surface area contributed by atoms with Gasteiger partial charge in [-0.25, -0.2) is 0 Å². The molecule has 2 rings (SSSR count). The third-order valence-corrected chi connectivity index (χ3v) is 3.32. The Balaban J connectivity index is 2.61. The molecule has 0 aliphatic rings. The zero-order chi connectivity index (χ0) is 15.6. The molecule has 0 saturated heterocycles. The maximum absolute atomic E-state index is 12.1. The van der Waals surface area contributed by atoms with Crippen molar-refractivity contribution in [2.45, 2.75) is 6.92 Å². The fourth-order valence-corrected chi connectivity index (χ4v) is 1.93. The van der Waals surface area contributed by atoms with Crippen molar-refractivity contribution < 1.29 is 5.11 Å². The summed E-state index contributed by atoms with van der Waals surface area (Å²) in [5.41, 5.74) is 0.123. The van der Waals surface area contributed by atoms with E-state index in [2.05, 4.69) is 10.2 Å². The molecule has 0 atom stereocenters. The van der Waals surface area contributed by atoms with Gasteiger partial charge in [0.2, 0.25) is 5.88 Å². The van der Waals surface area contributed by atoms with Crippen molar-refractivity contribution in [1.82, 2.24) is 4.57 Å². The second-order valence-electron chi connectivity index (χ2n) is 4.30. The van der Waals surface area contributed by atoms with Gasteiger partial charge in [0.25, 0.3) is 5.56 Å². The number of rotatable bonds is 2. The maximum Gasteiger partial charge on any atom is 0.281 e. The summed E-state index contributed by atoms with van der Waals surface area (Å²) in [5.74, 6) is -0.392. The monoisotopic (exact) mass is 302 g/mol. The summed E-state index contributed by atoms with van der Waals surface area (Å²) in [5, 5.41) is 27.0. The van der Waals surface area contributed by atoms with Gasteiger partial charge in [-0.1, -0.05) is 23.7 Å². The predicted molar refractivity (Wildman–Crippen MR) is 78.4 cm³/mol. The predicted octanol–water partition coefficient (Wildman–Crippen LogP) is 3.34. The lowest BCUT2D eigenvalue weighted by molar-refractivity contribution is 0.421. The summed E-state index contributed by atoms with van der Waals surface area (Å²) in [4.78, 5) is 12.1. The highest BCUT2D eigenvalue weighted by molar-refractivity contribution is 6.32. The number of hydrogen-bond donors (Lipinski definition) is 1. The number of nitriles is 1. The van der Waals surface area contributed by atoms with Crippen LogP contribution in [0.1, 0.15) is 11.1 Å². The number of aromatic hydroxyl groups is 1. The lowest BCUT2D eigenvalue weighted by atomic mass is 10.1. The zero-order valence-electron chi connectivity index (χ0n) is 11.3. The van der Waals surface area contributed by atoms with E-state index < -0.39 is 11.4 Å². The summed E-state index contributed by atoms with van der Waals surface area (Å²) < 4.78 is 0.951. The minimum Gasteiger partial charge on any atom is -0.493 e. The Kier molecular flexibility index (Phi) is 4.05. The number of aromatic nitrogens is 1. The quantitative estimate of drug-likeness (QED) is 0.862. The Hall–Kier alpha value is -2.65. The SMILES string of the molecule is Cc1c(C#N)c(O)n(C)c(=O)c1N=Nc1ccccc1Cl. The number of halogens is 1. The lowest BCUT2D eigenvalue weighted by Gasteiger charge is -2.08. The number of benzene rings is 1. The molecule has 2 aromatic rings. The molecule has 6 nitrogen and oxygen atoms in total. The summed E-state index contributed by atoms with van der Waals surface area (Å²) in [6.07, 6.45) is 0. The van der Waals surface area contributed by atoms with Gasteiger partial charge in [0.1, 0.15) is 17.3 Å². The largest absolute Gasteiger partial charge is 0.493 e. The van der Waals surface area contributed by atoms with Crippen LogP contribution in [0.4, 0.5) is 11.4 Å². The van der Waals surface area contributed by atoms with Crippen LogP contribution in [0, 0.1) is 18.3 Å². The average Bonchev–Trinajstić information content (AvgIpc) is 2.47. The van der Waals surface area contributed by atoms with Gasteiger partial charge in [-0.3, -0.25) is 9.36 Å². The van der Waals surface area contributed by atoms with Crippen LogP contribution < -0.4 is 5.56 Å². The average molecular weight is 303 g/mol. The highest BCUT2D eigenvalue weighted by Crippen LogP contribution is 2.28. The molecule has 1 aromatic heterocycles. The highest BCUT2D eigenvalue weighted by Gasteiger charge is 2.16. The van der Waals surface area contributed by atoms with E-state index in [4.69, 9.17) is 16.9 Å². The topological polar surface area (TPSA) is 90.7 Å². The normalized spacial score (nSPS) is 10.8. The summed E-state index contributed by atoms with van der Waals surface area (Å²) in [7, 11) is 1.35. The van der Waals surface area contributed by atoms with E-state index in [1.165, 1.54) is 14.0 Å². The van der Waals surface area contributed by atoms with E-state index in [1.54, 1.807) is 24.3 Å². The van der Waals surface area contributed by atoms with Crippen LogP contribution in [0.3, 0.4) is 0 Å². The molecule has 1 N–H and O–H groups in total. The Labute approximate surface area is 125 Å². The van der Waals surface area contributed by atoms with E-state index >= 15 is 0 Å². The number of pyridine rings is 1. The van der Waals surface area contributed by atoms with Crippen LogP contribution in [0.25, 0.3) is 0 Å². The fourth-order valence-electron chi connectivity index (χ4n) is 1.76. The van der Waals surface area contributed by atoms with Crippen molar-refractivity contribution in [2.24, 2.45) is 17.3 Å². The van der Waals surface area contributed by atoms with Crippen LogP contribution in [0.15, 0.2) is 39.3 Å². The minimum atomic E-state index is -0.542. The first-order chi connectivity index (χ1) is 9.97. The summed E-state index contributed by atoms with van der Waals surface area (Å²) in [6.45, 7) is 1.53. The Morgan fingerprint density at radius 2 is 2.00 bits per heavy atom. The van der Waals surface area contributed by atoms with Crippen molar-refractivity contribution in [2.75, 3.05) is 0 Å². The minimum absolute atomic E-state index is 0.00762. The van der Waals surface area contributed by atoms with Crippen molar-refractivity contribution in [3.8, 4) is 11.9 Å². The van der Waals surface area contributed by atoms with Crippen LogP contribution in [0.5, 0.6) is 5.88 Å². The van der Waals surface area contributed by atoms with E-state index in [9.17, 15) is 9.90 Å². The molecule has 7 heteroatoms. The second kappa shape index (κ2) is 5.77. The highest BCUT2D eigenvalue weighted by atomic mass is 35.5. The third-order valence-electron chi connectivity index (χ3n) is 3.00. The lowest BCUT2D eigenvalue weighted by Crippen LogP contribution is -2.18. The molecule has 0 aliphatic heterocycles. The van der Waals surface area contributed by atoms with Crippen LogP contribution >= 0.6 is 11.6 Å².